The molecule has 1 unspecified atom stereocenters. The first-order valence-corrected chi connectivity index (χ1v) is 6.25. The molecule has 0 saturated heterocycles. The van der Waals surface area contributed by atoms with Gasteiger partial charge in [-0.3, -0.25) is 4.79 Å². The summed E-state index contributed by atoms with van der Waals surface area (Å²) in [6.45, 7) is 0. The molecule has 0 aliphatic carbocycles. The van der Waals surface area contributed by atoms with Crippen molar-refractivity contribution in [2.75, 3.05) is 12.0 Å². The van der Waals surface area contributed by atoms with Crippen LogP contribution < -0.4 is 0 Å². The molecule has 0 aliphatic rings. The Bertz CT molecular complexity index is 334. The van der Waals surface area contributed by atoms with Gasteiger partial charge in [-0.25, -0.2) is 0 Å². The molecule has 0 fully saturated rings. The second-order valence-electron chi connectivity index (χ2n) is 3.11. The highest BCUT2D eigenvalue weighted by molar-refractivity contribution is 8.17. The molecule has 0 N–H and O–H groups in total. The van der Waals surface area contributed by atoms with Crippen LogP contribution in [0.5, 0.6) is 0 Å². The van der Waals surface area contributed by atoms with Crippen molar-refractivity contribution in [3.8, 4) is 0 Å². The van der Waals surface area contributed by atoms with Crippen molar-refractivity contribution >= 4 is 16.7 Å². The van der Waals surface area contributed by atoms with Gasteiger partial charge in [0, 0.05) is 11.3 Å². The largest absolute Gasteiger partial charge is 0.423 e. The van der Waals surface area contributed by atoms with E-state index < -0.39 is 27.9 Å². The minimum atomic E-state index is -4.24. The summed E-state index contributed by atoms with van der Waals surface area (Å²) >= 11 is 0. The molecule has 0 bridgehead atoms. The number of hydrogen-bond donors (Lipinski definition) is 1. The maximum Gasteiger partial charge on any atom is 0.423 e. The number of Topliss-reactive ketones (excluding diaryl/α,β-unsaturated/α-hetero) is 1. The fourth-order valence-electron chi connectivity index (χ4n) is 1.02. The zero-order valence-corrected chi connectivity index (χ0v) is 8.98. The van der Waals surface area contributed by atoms with Gasteiger partial charge in [-0.1, -0.05) is 30.3 Å². The summed E-state index contributed by atoms with van der Waals surface area (Å²) in [5, 5.41) is 0. The molecule has 1 rings (SSSR count). The highest BCUT2D eigenvalue weighted by Crippen LogP contribution is 2.42. The molecule has 1 nitrogen and oxygen atoms in total. The van der Waals surface area contributed by atoms with E-state index in [0.29, 0.717) is 5.56 Å². The lowest BCUT2D eigenvalue weighted by Crippen LogP contribution is -2.15. The molecule has 0 spiro atoms. The van der Waals surface area contributed by atoms with Crippen LogP contribution in [0.25, 0.3) is 0 Å². The Morgan fingerprint density at radius 1 is 1.27 bits per heavy atom. The van der Waals surface area contributed by atoms with Crippen LogP contribution in [0.3, 0.4) is 0 Å². The summed E-state index contributed by atoms with van der Waals surface area (Å²) in [5.74, 6) is -0.871. The lowest BCUT2D eigenvalue weighted by molar-refractivity contribution is -0.0349. The number of benzene rings is 1. The lowest BCUT2D eigenvalue weighted by Gasteiger charge is -2.18. The Kier molecular flexibility index (Phi) is 3.79. The predicted molar refractivity (Wildman–Crippen MR) is 56.6 cm³/mol. The molecule has 0 amide bonds. The minimum absolute atomic E-state index is 0.344. The van der Waals surface area contributed by atoms with E-state index in [4.69, 9.17) is 0 Å². The van der Waals surface area contributed by atoms with E-state index in [1.807, 2.05) is 0 Å². The van der Waals surface area contributed by atoms with Crippen molar-refractivity contribution in [2.24, 2.45) is 0 Å². The van der Waals surface area contributed by atoms with Gasteiger partial charge in [0.2, 0.25) is 0 Å². The maximum absolute atomic E-state index is 12.2. The molecule has 5 heteroatoms. The number of rotatable bonds is 3. The van der Waals surface area contributed by atoms with Gasteiger partial charge in [-0.15, -0.1) is 0 Å². The van der Waals surface area contributed by atoms with Crippen LogP contribution in [0, 0.1) is 0 Å². The van der Waals surface area contributed by atoms with Crippen LogP contribution in [-0.2, 0) is 0 Å². The molecule has 84 valence electrons. The Hall–Kier alpha value is -0.970. The molecule has 1 aromatic carbocycles. The summed E-state index contributed by atoms with van der Waals surface area (Å²) in [5.41, 5.74) is -3.89. The summed E-state index contributed by atoms with van der Waals surface area (Å²) in [7, 11) is -2.23. The van der Waals surface area contributed by atoms with E-state index in [0.717, 1.165) is 6.26 Å². The van der Waals surface area contributed by atoms with Gasteiger partial charge >= 0.3 is 5.51 Å². The zero-order valence-electron chi connectivity index (χ0n) is 8.08. The highest BCUT2D eigenvalue weighted by Gasteiger charge is 2.34. The SMILES string of the molecule is C[SH](CC(=O)c1ccccc1)C(F)(F)F. The highest BCUT2D eigenvalue weighted by atomic mass is 32.2. The Balaban J connectivity index is 2.65. The van der Waals surface area contributed by atoms with E-state index in [-0.39, 0.29) is 0 Å². The molecule has 0 aliphatic heterocycles. The second-order valence-corrected chi connectivity index (χ2v) is 5.33. The quantitative estimate of drug-likeness (QED) is 0.630. The van der Waals surface area contributed by atoms with Gasteiger partial charge < -0.3 is 0 Å². The van der Waals surface area contributed by atoms with Crippen LogP contribution in [0.1, 0.15) is 10.4 Å². The fourth-order valence-corrected chi connectivity index (χ4v) is 1.81. The number of ketones is 1. The lowest BCUT2D eigenvalue weighted by atomic mass is 10.2. The predicted octanol–water partition coefficient (Wildman–Crippen LogP) is 3.02. The smallest absolute Gasteiger partial charge is 0.293 e. The van der Waals surface area contributed by atoms with Gasteiger partial charge in [0.05, 0.1) is 0 Å². The first-order valence-electron chi connectivity index (χ1n) is 4.27. The standard InChI is InChI=1S/C10H11F3OS/c1-15(10(11,12)13)7-9(14)8-5-3-2-4-6-8/h2-6,15H,7H2,1H3. The molecule has 1 aromatic rings. The van der Waals surface area contributed by atoms with Crippen molar-refractivity contribution < 1.29 is 18.0 Å². The van der Waals surface area contributed by atoms with Crippen molar-refractivity contribution in [2.45, 2.75) is 5.51 Å². The number of carbonyl (C=O) groups excluding carboxylic acids is 1. The average Bonchev–Trinajstić information content (AvgIpc) is 2.17. The van der Waals surface area contributed by atoms with Crippen molar-refractivity contribution in [3.63, 3.8) is 0 Å². The molecule has 1 atom stereocenters. The number of halogens is 3. The number of hydrogen-bond acceptors (Lipinski definition) is 1. The van der Waals surface area contributed by atoms with E-state index in [9.17, 15) is 18.0 Å². The summed E-state index contributed by atoms with van der Waals surface area (Å²) in [6, 6.07) is 8.05. The van der Waals surface area contributed by atoms with E-state index in [1.165, 1.54) is 12.1 Å². The normalized spacial score (nSPS) is 14.8. The molecule has 0 aromatic heterocycles. The van der Waals surface area contributed by atoms with Gasteiger partial charge in [-0.2, -0.15) is 24.1 Å². The van der Waals surface area contributed by atoms with E-state index in [2.05, 4.69) is 0 Å². The third-order valence-electron chi connectivity index (χ3n) is 1.91. The van der Waals surface area contributed by atoms with Crippen LogP contribution in [0.15, 0.2) is 30.3 Å². The van der Waals surface area contributed by atoms with E-state index in [1.54, 1.807) is 18.2 Å². The number of thiol groups is 1. The topological polar surface area (TPSA) is 17.1 Å². The zero-order chi connectivity index (χ0) is 11.5. The Morgan fingerprint density at radius 3 is 2.27 bits per heavy atom. The maximum atomic E-state index is 12.2. The first-order chi connectivity index (χ1) is 6.91. The van der Waals surface area contributed by atoms with Gasteiger partial charge in [-0.05, 0) is 6.26 Å². The molecule has 0 radical (unpaired) electrons. The number of alkyl halides is 3. The van der Waals surface area contributed by atoms with Crippen LogP contribution >= 0.6 is 10.9 Å². The van der Waals surface area contributed by atoms with Crippen molar-refractivity contribution in [1.29, 1.82) is 0 Å². The molecular formula is C10H11F3OS. The summed E-state index contributed by atoms with van der Waals surface area (Å²) in [6.07, 6.45) is 1.08. The van der Waals surface area contributed by atoms with Crippen LogP contribution in [0.2, 0.25) is 0 Å². The molecule has 15 heavy (non-hydrogen) atoms. The van der Waals surface area contributed by atoms with Gasteiger partial charge in [0.25, 0.3) is 0 Å². The second kappa shape index (κ2) is 4.70. The van der Waals surface area contributed by atoms with Gasteiger partial charge in [0.1, 0.15) is 0 Å². The van der Waals surface area contributed by atoms with Crippen molar-refractivity contribution in [1.82, 2.24) is 0 Å². The minimum Gasteiger partial charge on any atom is -0.293 e. The van der Waals surface area contributed by atoms with Crippen LogP contribution in [0.4, 0.5) is 13.2 Å². The molecule has 0 saturated carbocycles. The monoisotopic (exact) mass is 236 g/mol. The summed E-state index contributed by atoms with van der Waals surface area (Å²) in [4.78, 5) is 11.4. The molecular weight excluding hydrogens is 225 g/mol. The van der Waals surface area contributed by atoms with E-state index >= 15 is 0 Å². The average molecular weight is 236 g/mol. The third kappa shape index (κ3) is 3.58. The summed E-state index contributed by atoms with van der Waals surface area (Å²) < 4.78 is 36.6. The van der Waals surface area contributed by atoms with Gasteiger partial charge in [0.15, 0.2) is 5.78 Å². The van der Waals surface area contributed by atoms with Crippen molar-refractivity contribution in [3.05, 3.63) is 35.9 Å². The van der Waals surface area contributed by atoms with Crippen LogP contribution in [-0.4, -0.2) is 23.3 Å². The number of carbonyl (C=O) groups is 1. The Morgan fingerprint density at radius 2 is 1.80 bits per heavy atom. The fraction of sp³-hybridized carbons (Fsp3) is 0.300. The third-order valence-corrected chi connectivity index (χ3v) is 3.54. The first kappa shape index (κ1) is 12.1. The Labute approximate surface area is 88.6 Å². The molecule has 0 heterocycles.